The fourth-order valence-corrected chi connectivity index (χ4v) is 4.14. The summed E-state index contributed by atoms with van der Waals surface area (Å²) in [5.74, 6) is 0.494. The van der Waals surface area contributed by atoms with Crippen LogP contribution in [0.3, 0.4) is 0 Å². The molecule has 2 aromatic rings. The predicted octanol–water partition coefficient (Wildman–Crippen LogP) is 7.88. The molecule has 1 aromatic carbocycles. The van der Waals surface area contributed by atoms with Crippen molar-refractivity contribution in [1.82, 2.24) is 0 Å². The van der Waals surface area contributed by atoms with Gasteiger partial charge in [-0.25, -0.2) is 4.79 Å². The van der Waals surface area contributed by atoms with Gasteiger partial charge in [-0.1, -0.05) is 51.0 Å². The van der Waals surface area contributed by atoms with Crippen molar-refractivity contribution in [2.24, 2.45) is 5.41 Å². The SMILES string of the molecule is CCCCOC(=O)c1ccc2cc(C=C(C)C=CC3=C(C)CCCC3(C)C)oc2c1. The van der Waals surface area contributed by atoms with Crippen molar-refractivity contribution in [2.45, 2.75) is 66.7 Å². The molecule has 3 heteroatoms. The van der Waals surface area contributed by atoms with Gasteiger partial charge in [0.05, 0.1) is 12.2 Å². The highest BCUT2D eigenvalue weighted by Crippen LogP contribution is 2.40. The number of allylic oxidation sites excluding steroid dienone is 5. The van der Waals surface area contributed by atoms with E-state index in [1.807, 2.05) is 18.2 Å². The second-order valence-electron chi connectivity index (χ2n) is 9.04. The van der Waals surface area contributed by atoms with Crippen LogP contribution < -0.4 is 0 Å². The van der Waals surface area contributed by atoms with Crippen LogP contribution in [0, 0.1) is 5.41 Å². The molecule has 0 bridgehead atoms. The van der Waals surface area contributed by atoms with E-state index in [4.69, 9.17) is 9.15 Å². The van der Waals surface area contributed by atoms with E-state index in [1.165, 1.54) is 30.4 Å². The summed E-state index contributed by atoms with van der Waals surface area (Å²) >= 11 is 0. The number of carbonyl (C=O) groups excluding carboxylic acids is 1. The van der Waals surface area contributed by atoms with Gasteiger partial charge in [-0.15, -0.1) is 0 Å². The molecule has 0 unspecified atom stereocenters. The largest absolute Gasteiger partial charge is 0.462 e. The topological polar surface area (TPSA) is 39.4 Å². The maximum atomic E-state index is 12.2. The monoisotopic (exact) mass is 406 g/mol. The highest BCUT2D eigenvalue weighted by molar-refractivity contribution is 5.94. The molecule has 1 aliphatic carbocycles. The Morgan fingerprint density at radius 2 is 2.07 bits per heavy atom. The smallest absolute Gasteiger partial charge is 0.338 e. The fourth-order valence-electron chi connectivity index (χ4n) is 4.14. The lowest BCUT2D eigenvalue weighted by molar-refractivity contribution is 0.0500. The normalized spacial score (nSPS) is 17.2. The number of ether oxygens (including phenoxy) is 1. The maximum absolute atomic E-state index is 12.2. The number of fused-ring (bicyclic) bond motifs is 1. The lowest BCUT2D eigenvalue weighted by atomic mass is 9.72. The van der Waals surface area contributed by atoms with Crippen LogP contribution in [0.15, 0.2) is 57.6 Å². The van der Waals surface area contributed by atoms with E-state index >= 15 is 0 Å². The summed E-state index contributed by atoms with van der Waals surface area (Å²) in [5, 5.41) is 0.982. The van der Waals surface area contributed by atoms with Crippen molar-refractivity contribution >= 4 is 23.0 Å². The molecule has 1 aromatic heterocycles. The Morgan fingerprint density at radius 3 is 2.80 bits per heavy atom. The van der Waals surface area contributed by atoms with Crippen molar-refractivity contribution in [1.29, 1.82) is 0 Å². The molecule has 0 amide bonds. The van der Waals surface area contributed by atoms with E-state index in [2.05, 4.69) is 46.8 Å². The standard InChI is InChI=1S/C27H34O3/c1-6-7-15-29-26(28)22-12-11-21-17-23(30-25(21)18-22)16-19(2)10-13-24-20(3)9-8-14-27(24,4)5/h10-13,16-18H,6-9,14-15H2,1-5H3. The molecule has 3 nitrogen and oxygen atoms in total. The van der Waals surface area contributed by atoms with E-state index in [1.54, 1.807) is 12.1 Å². The predicted molar refractivity (Wildman–Crippen MR) is 125 cm³/mol. The van der Waals surface area contributed by atoms with Crippen molar-refractivity contribution in [3.63, 3.8) is 0 Å². The Hall–Kier alpha value is -2.55. The molecule has 30 heavy (non-hydrogen) atoms. The van der Waals surface area contributed by atoms with Crippen LogP contribution in [0.1, 0.15) is 82.8 Å². The summed E-state index contributed by atoms with van der Waals surface area (Å²) in [6.45, 7) is 11.5. The first-order valence-corrected chi connectivity index (χ1v) is 11.1. The maximum Gasteiger partial charge on any atom is 0.338 e. The van der Waals surface area contributed by atoms with Crippen molar-refractivity contribution in [3.05, 3.63) is 64.5 Å². The number of hydrogen-bond donors (Lipinski definition) is 0. The Bertz CT molecular complexity index is 998. The number of esters is 1. The van der Waals surface area contributed by atoms with E-state index in [0.29, 0.717) is 17.8 Å². The third-order valence-corrected chi connectivity index (χ3v) is 5.93. The number of furan rings is 1. The van der Waals surface area contributed by atoms with Gasteiger partial charge in [-0.2, -0.15) is 0 Å². The van der Waals surface area contributed by atoms with Crippen LogP contribution in [-0.4, -0.2) is 12.6 Å². The average Bonchev–Trinajstić information content (AvgIpc) is 3.08. The Labute approximate surface area is 180 Å². The first kappa shape index (κ1) is 22.1. The molecule has 160 valence electrons. The molecule has 3 rings (SSSR count). The number of benzene rings is 1. The Morgan fingerprint density at radius 1 is 1.27 bits per heavy atom. The summed E-state index contributed by atoms with van der Waals surface area (Å²) in [7, 11) is 0. The van der Waals surface area contributed by atoms with Gasteiger partial charge < -0.3 is 9.15 Å². The highest BCUT2D eigenvalue weighted by Gasteiger charge is 2.26. The third-order valence-electron chi connectivity index (χ3n) is 5.93. The lowest BCUT2D eigenvalue weighted by Gasteiger charge is -2.32. The van der Waals surface area contributed by atoms with Gasteiger partial charge in [-0.3, -0.25) is 0 Å². The van der Waals surface area contributed by atoms with Crippen molar-refractivity contribution in [2.75, 3.05) is 6.61 Å². The Kier molecular flexibility index (Phi) is 7.02. The third kappa shape index (κ3) is 5.33. The zero-order valence-corrected chi connectivity index (χ0v) is 19.0. The van der Waals surface area contributed by atoms with Gasteiger partial charge in [-0.05, 0) is 80.4 Å². The van der Waals surface area contributed by atoms with E-state index in [-0.39, 0.29) is 11.4 Å². The minimum Gasteiger partial charge on any atom is -0.462 e. The second kappa shape index (κ2) is 9.51. The van der Waals surface area contributed by atoms with Gasteiger partial charge in [0.25, 0.3) is 0 Å². The molecular formula is C27H34O3. The first-order valence-electron chi connectivity index (χ1n) is 11.1. The minimum atomic E-state index is -0.295. The van der Waals surface area contributed by atoms with E-state index < -0.39 is 0 Å². The average molecular weight is 407 g/mol. The van der Waals surface area contributed by atoms with Gasteiger partial charge in [0.1, 0.15) is 11.3 Å². The fraction of sp³-hybridized carbons (Fsp3) is 0.444. The summed E-state index contributed by atoms with van der Waals surface area (Å²) < 4.78 is 11.3. The number of unbranched alkanes of at least 4 members (excludes halogenated alkanes) is 1. The first-order chi connectivity index (χ1) is 14.3. The summed E-state index contributed by atoms with van der Waals surface area (Å²) in [4.78, 5) is 12.2. The molecule has 0 fully saturated rings. The van der Waals surface area contributed by atoms with E-state index in [9.17, 15) is 4.79 Å². The van der Waals surface area contributed by atoms with Crippen LogP contribution in [0.25, 0.3) is 17.0 Å². The molecule has 1 aliphatic rings. The zero-order valence-electron chi connectivity index (χ0n) is 19.0. The number of carbonyl (C=O) groups is 1. The quantitative estimate of drug-likeness (QED) is 0.267. The van der Waals surface area contributed by atoms with Crippen LogP contribution >= 0.6 is 0 Å². The van der Waals surface area contributed by atoms with Gasteiger partial charge in [0.2, 0.25) is 0 Å². The number of hydrogen-bond acceptors (Lipinski definition) is 3. The molecule has 0 radical (unpaired) electrons. The summed E-state index contributed by atoms with van der Waals surface area (Å²) in [6.07, 6.45) is 12.1. The van der Waals surface area contributed by atoms with Gasteiger partial charge in [0.15, 0.2) is 0 Å². The Balaban J connectivity index is 1.76. The molecule has 0 saturated heterocycles. The van der Waals surface area contributed by atoms with Gasteiger partial charge >= 0.3 is 5.97 Å². The summed E-state index contributed by atoms with van der Waals surface area (Å²) in [5.41, 5.74) is 5.56. The molecule has 0 N–H and O–H groups in total. The number of rotatable bonds is 7. The van der Waals surface area contributed by atoms with Crippen LogP contribution in [0.2, 0.25) is 0 Å². The lowest BCUT2D eigenvalue weighted by Crippen LogP contribution is -2.19. The molecule has 0 atom stereocenters. The molecular weight excluding hydrogens is 372 g/mol. The molecule has 0 aliphatic heterocycles. The second-order valence-corrected chi connectivity index (χ2v) is 9.04. The minimum absolute atomic E-state index is 0.237. The van der Waals surface area contributed by atoms with Crippen LogP contribution in [0.4, 0.5) is 0 Å². The van der Waals surface area contributed by atoms with Crippen molar-refractivity contribution in [3.8, 4) is 0 Å². The van der Waals surface area contributed by atoms with E-state index in [0.717, 1.165) is 29.6 Å². The molecule has 1 heterocycles. The zero-order chi connectivity index (χ0) is 21.7. The van der Waals surface area contributed by atoms with Gasteiger partial charge in [0, 0.05) is 5.39 Å². The highest BCUT2D eigenvalue weighted by atomic mass is 16.5. The molecule has 0 saturated carbocycles. The van der Waals surface area contributed by atoms with Crippen molar-refractivity contribution < 1.29 is 13.9 Å². The van der Waals surface area contributed by atoms with Crippen LogP contribution in [0.5, 0.6) is 0 Å². The molecule has 0 spiro atoms. The summed E-state index contributed by atoms with van der Waals surface area (Å²) in [6, 6.07) is 7.49. The van der Waals surface area contributed by atoms with Crippen LogP contribution in [-0.2, 0) is 4.74 Å².